The third-order valence-electron chi connectivity index (χ3n) is 3.88. The maximum Gasteiger partial charge on any atom is 0.239 e. The number of nitrogens with zero attached hydrogens (tertiary/aromatic N) is 2. The number of hydrogen-bond donors (Lipinski definition) is 2. The van der Waals surface area contributed by atoms with Crippen molar-refractivity contribution in [1.29, 1.82) is 0 Å². The van der Waals surface area contributed by atoms with Crippen molar-refractivity contribution < 1.29 is 14.3 Å². The number of likely N-dealkylation sites (N-methyl/N-ethyl adjacent to an activating group) is 1. The Balaban J connectivity index is 1.77. The summed E-state index contributed by atoms with van der Waals surface area (Å²) in [5, 5.41) is 5.09. The van der Waals surface area contributed by atoms with Gasteiger partial charge in [-0.1, -0.05) is 6.07 Å². The Labute approximate surface area is 136 Å². The quantitative estimate of drug-likeness (QED) is 0.751. The molecule has 1 saturated heterocycles. The van der Waals surface area contributed by atoms with Gasteiger partial charge in [0.1, 0.15) is 5.75 Å². The molecule has 0 saturated carbocycles. The highest BCUT2D eigenvalue weighted by Crippen LogP contribution is 2.21. The van der Waals surface area contributed by atoms with E-state index in [1.54, 1.807) is 14.2 Å². The van der Waals surface area contributed by atoms with E-state index in [-0.39, 0.29) is 18.4 Å². The first-order chi connectivity index (χ1) is 11.1. The van der Waals surface area contributed by atoms with Crippen LogP contribution in [0.1, 0.15) is 0 Å². The molecule has 7 nitrogen and oxygen atoms in total. The molecule has 1 aromatic carbocycles. The SMILES string of the molecule is CNC(=O)CNC(=O)CN1CCN(c2cccc(OC)c2)CC1. The monoisotopic (exact) mass is 320 g/mol. The van der Waals surface area contributed by atoms with E-state index in [0.717, 1.165) is 37.6 Å². The van der Waals surface area contributed by atoms with Gasteiger partial charge < -0.3 is 20.3 Å². The number of nitrogens with one attached hydrogen (secondary N) is 2. The summed E-state index contributed by atoms with van der Waals surface area (Å²) in [5.41, 5.74) is 1.13. The topological polar surface area (TPSA) is 73.9 Å². The molecule has 1 heterocycles. The summed E-state index contributed by atoms with van der Waals surface area (Å²) in [4.78, 5) is 27.3. The van der Waals surface area contributed by atoms with Crippen molar-refractivity contribution in [3.63, 3.8) is 0 Å². The van der Waals surface area contributed by atoms with E-state index in [4.69, 9.17) is 4.74 Å². The molecule has 1 aliphatic rings. The Morgan fingerprint density at radius 3 is 2.57 bits per heavy atom. The minimum Gasteiger partial charge on any atom is -0.497 e. The Bertz CT molecular complexity index is 542. The third-order valence-corrected chi connectivity index (χ3v) is 3.88. The Morgan fingerprint density at radius 1 is 1.17 bits per heavy atom. The van der Waals surface area contributed by atoms with Gasteiger partial charge in [0, 0.05) is 45.0 Å². The lowest BCUT2D eigenvalue weighted by molar-refractivity contribution is -0.126. The normalized spacial score (nSPS) is 15.1. The molecule has 1 aromatic rings. The summed E-state index contributed by atoms with van der Waals surface area (Å²) < 4.78 is 5.25. The number of anilines is 1. The van der Waals surface area contributed by atoms with Crippen molar-refractivity contribution in [1.82, 2.24) is 15.5 Å². The van der Waals surface area contributed by atoms with Gasteiger partial charge in [0.05, 0.1) is 20.2 Å². The molecule has 0 spiro atoms. The first-order valence-corrected chi connectivity index (χ1v) is 7.71. The second-order valence-corrected chi connectivity index (χ2v) is 5.41. The number of rotatable bonds is 6. The molecular weight excluding hydrogens is 296 g/mol. The van der Waals surface area contributed by atoms with Gasteiger partial charge in [-0.3, -0.25) is 14.5 Å². The van der Waals surface area contributed by atoms with Gasteiger partial charge in [-0.25, -0.2) is 0 Å². The molecule has 2 rings (SSSR count). The van der Waals surface area contributed by atoms with E-state index in [1.165, 1.54) is 0 Å². The molecule has 0 bridgehead atoms. The highest BCUT2D eigenvalue weighted by molar-refractivity contribution is 5.85. The molecule has 0 radical (unpaired) electrons. The van der Waals surface area contributed by atoms with E-state index in [1.807, 2.05) is 18.2 Å². The number of benzene rings is 1. The number of carbonyl (C=O) groups excluding carboxylic acids is 2. The lowest BCUT2D eigenvalue weighted by Crippen LogP contribution is -2.50. The number of carbonyl (C=O) groups is 2. The molecule has 126 valence electrons. The van der Waals surface area contributed by atoms with Crippen LogP contribution in [0.15, 0.2) is 24.3 Å². The van der Waals surface area contributed by atoms with Crippen molar-refractivity contribution in [3.8, 4) is 5.75 Å². The highest BCUT2D eigenvalue weighted by atomic mass is 16.5. The maximum absolute atomic E-state index is 11.8. The van der Waals surface area contributed by atoms with Crippen LogP contribution < -0.4 is 20.3 Å². The van der Waals surface area contributed by atoms with Gasteiger partial charge in [-0.05, 0) is 12.1 Å². The second-order valence-electron chi connectivity index (χ2n) is 5.41. The maximum atomic E-state index is 11.8. The molecule has 0 atom stereocenters. The minimum atomic E-state index is -0.193. The highest BCUT2D eigenvalue weighted by Gasteiger charge is 2.19. The molecule has 1 fully saturated rings. The standard InChI is InChI=1S/C16H24N4O3/c1-17-15(21)11-18-16(22)12-19-6-8-20(9-7-19)13-4-3-5-14(10-13)23-2/h3-5,10H,6-9,11-12H2,1-2H3,(H,17,21)(H,18,22). The van der Waals surface area contributed by atoms with Gasteiger partial charge in [-0.2, -0.15) is 0 Å². The second kappa shape index (κ2) is 8.38. The number of ether oxygens (including phenoxy) is 1. The zero-order chi connectivity index (χ0) is 16.7. The van der Waals surface area contributed by atoms with Crippen molar-refractivity contribution >= 4 is 17.5 Å². The van der Waals surface area contributed by atoms with Crippen molar-refractivity contribution in [2.45, 2.75) is 0 Å². The lowest BCUT2D eigenvalue weighted by atomic mass is 10.2. The lowest BCUT2D eigenvalue weighted by Gasteiger charge is -2.35. The van der Waals surface area contributed by atoms with Crippen molar-refractivity contribution in [3.05, 3.63) is 24.3 Å². The van der Waals surface area contributed by atoms with Crippen molar-refractivity contribution in [2.75, 3.05) is 58.3 Å². The van der Waals surface area contributed by atoms with E-state index < -0.39 is 0 Å². The predicted molar refractivity (Wildman–Crippen MR) is 88.7 cm³/mol. The smallest absolute Gasteiger partial charge is 0.239 e. The number of hydrogen-bond acceptors (Lipinski definition) is 5. The summed E-state index contributed by atoms with van der Waals surface area (Å²) in [5.74, 6) is 0.531. The largest absolute Gasteiger partial charge is 0.497 e. The van der Waals surface area contributed by atoms with Crippen LogP contribution in [-0.2, 0) is 9.59 Å². The van der Waals surface area contributed by atoms with E-state index in [2.05, 4.69) is 26.5 Å². The molecule has 7 heteroatoms. The first kappa shape index (κ1) is 17.1. The number of piperazine rings is 1. The molecule has 23 heavy (non-hydrogen) atoms. The van der Waals surface area contributed by atoms with Crippen molar-refractivity contribution in [2.24, 2.45) is 0 Å². The number of amides is 2. The third kappa shape index (κ3) is 5.14. The average Bonchev–Trinajstić information content (AvgIpc) is 2.60. The Hall–Kier alpha value is -2.28. The van der Waals surface area contributed by atoms with Gasteiger partial charge in [-0.15, -0.1) is 0 Å². The van der Waals surface area contributed by atoms with Crippen LogP contribution in [0.4, 0.5) is 5.69 Å². The Morgan fingerprint density at radius 2 is 1.91 bits per heavy atom. The zero-order valence-electron chi connectivity index (χ0n) is 13.7. The summed E-state index contributed by atoms with van der Waals surface area (Å²) in [6.07, 6.45) is 0. The van der Waals surface area contributed by atoms with Gasteiger partial charge >= 0.3 is 0 Å². The van der Waals surface area contributed by atoms with Crippen LogP contribution in [-0.4, -0.2) is 70.1 Å². The van der Waals surface area contributed by atoms with Gasteiger partial charge in [0.25, 0.3) is 0 Å². The molecule has 2 N–H and O–H groups in total. The van der Waals surface area contributed by atoms with Gasteiger partial charge in [0.15, 0.2) is 0 Å². The van der Waals surface area contributed by atoms with Crippen LogP contribution in [0, 0.1) is 0 Å². The fourth-order valence-corrected chi connectivity index (χ4v) is 2.50. The summed E-state index contributed by atoms with van der Waals surface area (Å²) >= 11 is 0. The number of methoxy groups -OCH3 is 1. The van der Waals surface area contributed by atoms with Gasteiger partial charge in [0.2, 0.25) is 11.8 Å². The van der Waals surface area contributed by atoms with E-state index in [9.17, 15) is 9.59 Å². The van der Waals surface area contributed by atoms with Crippen LogP contribution in [0.2, 0.25) is 0 Å². The molecule has 1 aliphatic heterocycles. The predicted octanol–water partition coefficient (Wildman–Crippen LogP) is -0.321. The average molecular weight is 320 g/mol. The molecule has 2 amide bonds. The van der Waals surface area contributed by atoms with E-state index >= 15 is 0 Å². The van der Waals surface area contributed by atoms with Crippen LogP contribution in [0.25, 0.3) is 0 Å². The summed E-state index contributed by atoms with van der Waals surface area (Å²) in [6, 6.07) is 7.99. The van der Waals surface area contributed by atoms with Crippen LogP contribution in [0.3, 0.4) is 0 Å². The molecule has 0 aliphatic carbocycles. The van der Waals surface area contributed by atoms with E-state index in [0.29, 0.717) is 6.54 Å². The zero-order valence-corrected chi connectivity index (χ0v) is 13.7. The summed E-state index contributed by atoms with van der Waals surface area (Å²) in [7, 11) is 3.21. The molecule has 0 aromatic heterocycles. The summed E-state index contributed by atoms with van der Waals surface area (Å²) in [6.45, 7) is 3.68. The Kier molecular flexibility index (Phi) is 6.22. The minimum absolute atomic E-state index is 0.0269. The fourth-order valence-electron chi connectivity index (χ4n) is 2.50. The molecule has 0 unspecified atom stereocenters. The van der Waals surface area contributed by atoms with Crippen LogP contribution in [0.5, 0.6) is 5.75 Å². The van der Waals surface area contributed by atoms with Crippen LogP contribution >= 0.6 is 0 Å². The molecular formula is C16H24N4O3. The first-order valence-electron chi connectivity index (χ1n) is 7.71. The fraction of sp³-hybridized carbons (Fsp3) is 0.500.